The molecule has 2 aliphatic heterocycles. The number of Topliss-reactive ketones (excluding diaryl/α,β-unsaturated/α-hetero) is 1. The van der Waals surface area contributed by atoms with E-state index in [9.17, 15) is 24.0 Å². The number of likely N-dealkylation sites (tertiary alicyclic amines) is 1. The Bertz CT molecular complexity index is 2160. The van der Waals surface area contributed by atoms with Crippen LogP contribution in [0.15, 0.2) is 73.1 Å². The fourth-order valence-electron chi connectivity index (χ4n) is 7.40. The molecule has 14 heteroatoms. The van der Waals surface area contributed by atoms with E-state index in [-0.39, 0.29) is 54.3 Å². The van der Waals surface area contributed by atoms with Gasteiger partial charge in [0, 0.05) is 47.6 Å². The van der Waals surface area contributed by atoms with Crippen molar-refractivity contribution in [3.8, 4) is 0 Å². The van der Waals surface area contributed by atoms with Crippen LogP contribution in [0.3, 0.4) is 0 Å². The van der Waals surface area contributed by atoms with Gasteiger partial charge in [0.25, 0.3) is 0 Å². The summed E-state index contributed by atoms with van der Waals surface area (Å²) in [4.78, 5) is 85.2. The summed E-state index contributed by atoms with van der Waals surface area (Å²) in [5.74, 6) is -1.59. The number of amides is 5. The van der Waals surface area contributed by atoms with Crippen molar-refractivity contribution in [3.63, 3.8) is 0 Å². The standard InChI is InChI=1S/C44H53N9O5/c1-25(2)34(42(57)52-19-11-14-35(52)40(55)49-38(26(3)4)41(56)47-29(7)30-12-9-8-10-13-30)21-37(54)31-17-15-27(5)36(20-31)53-24-32-22-46-43(50-39(32)51-44(53)58)48-33-18-16-28(6)45-23-33/h8-10,12-13,15-18,20,22-23,25-26,29,34-35,38H,11,14,19,21,24H2,1-7H3,(H,47,56)(H,49,55)(H2,46,48,50,51,58)/t29-,34+,35+,38+/m1/s1. The predicted octanol–water partition coefficient (Wildman–Crippen LogP) is 6.64. The van der Waals surface area contributed by atoms with Crippen LogP contribution < -0.4 is 26.2 Å². The van der Waals surface area contributed by atoms with Gasteiger partial charge in [0.2, 0.25) is 23.7 Å². The van der Waals surface area contributed by atoms with Crippen LogP contribution in [0.25, 0.3) is 0 Å². The summed E-state index contributed by atoms with van der Waals surface area (Å²) in [5, 5.41) is 11.9. The number of fused-ring (bicyclic) bond motifs is 1. The van der Waals surface area contributed by atoms with Gasteiger partial charge in [-0.3, -0.25) is 34.4 Å². The summed E-state index contributed by atoms with van der Waals surface area (Å²) in [7, 11) is 0. The van der Waals surface area contributed by atoms with Crippen molar-refractivity contribution in [2.24, 2.45) is 17.8 Å². The van der Waals surface area contributed by atoms with Crippen molar-refractivity contribution in [1.82, 2.24) is 30.5 Å². The first-order chi connectivity index (χ1) is 27.7. The second kappa shape index (κ2) is 18.0. The maximum atomic E-state index is 14.2. The third-order valence-corrected chi connectivity index (χ3v) is 10.9. The van der Waals surface area contributed by atoms with Gasteiger partial charge in [-0.2, -0.15) is 4.98 Å². The molecule has 5 amide bonds. The van der Waals surface area contributed by atoms with Crippen molar-refractivity contribution in [1.29, 1.82) is 0 Å². The molecule has 0 spiro atoms. The lowest BCUT2D eigenvalue weighted by molar-refractivity contribution is -0.143. The van der Waals surface area contributed by atoms with E-state index in [4.69, 9.17) is 0 Å². The van der Waals surface area contributed by atoms with E-state index < -0.39 is 24.0 Å². The Morgan fingerprint density at radius 1 is 0.897 bits per heavy atom. The largest absolute Gasteiger partial charge is 0.348 e. The molecular weight excluding hydrogens is 735 g/mol. The highest BCUT2D eigenvalue weighted by Gasteiger charge is 2.40. The van der Waals surface area contributed by atoms with E-state index in [1.165, 1.54) is 0 Å². The average molecular weight is 788 g/mol. The normalized spacial score (nSPS) is 16.6. The molecule has 0 bridgehead atoms. The van der Waals surface area contributed by atoms with Gasteiger partial charge >= 0.3 is 6.03 Å². The van der Waals surface area contributed by atoms with Crippen LogP contribution in [0.1, 0.15) is 92.7 Å². The van der Waals surface area contributed by atoms with Crippen LogP contribution in [-0.2, 0) is 20.9 Å². The van der Waals surface area contributed by atoms with Gasteiger partial charge in [0.15, 0.2) is 5.78 Å². The molecule has 6 rings (SSSR count). The highest BCUT2D eigenvalue weighted by atomic mass is 16.2. The van der Waals surface area contributed by atoms with Crippen LogP contribution in [0.2, 0.25) is 0 Å². The maximum absolute atomic E-state index is 14.2. The minimum Gasteiger partial charge on any atom is -0.348 e. The van der Waals surface area contributed by atoms with Crippen LogP contribution in [0.4, 0.5) is 27.9 Å². The first kappa shape index (κ1) is 41.5. The molecule has 0 radical (unpaired) electrons. The maximum Gasteiger partial charge on any atom is 0.327 e. The fraction of sp³-hybridized carbons (Fsp3) is 0.409. The van der Waals surface area contributed by atoms with Crippen molar-refractivity contribution in [2.75, 3.05) is 22.1 Å². The molecule has 4 aromatic rings. The molecule has 14 nitrogen and oxygen atoms in total. The predicted molar refractivity (Wildman–Crippen MR) is 222 cm³/mol. The molecule has 4 N–H and O–H groups in total. The van der Waals surface area contributed by atoms with Gasteiger partial charge in [-0.05, 0) is 74.8 Å². The van der Waals surface area contributed by atoms with Gasteiger partial charge in [0.1, 0.15) is 17.9 Å². The summed E-state index contributed by atoms with van der Waals surface area (Å²) in [6, 6.07) is 16.3. The number of anilines is 4. The van der Waals surface area contributed by atoms with Gasteiger partial charge < -0.3 is 20.9 Å². The Morgan fingerprint density at radius 2 is 1.66 bits per heavy atom. The van der Waals surface area contributed by atoms with Crippen LogP contribution in [0.5, 0.6) is 0 Å². The summed E-state index contributed by atoms with van der Waals surface area (Å²) in [6.45, 7) is 13.7. The molecule has 4 heterocycles. The monoisotopic (exact) mass is 787 g/mol. The van der Waals surface area contributed by atoms with Crippen molar-refractivity contribution in [2.45, 2.75) is 92.4 Å². The number of hydrogen-bond acceptors (Lipinski definition) is 9. The minimum absolute atomic E-state index is 0.0760. The first-order valence-corrected chi connectivity index (χ1v) is 19.9. The Labute approximate surface area is 339 Å². The highest BCUT2D eigenvalue weighted by molar-refractivity contribution is 6.06. The Hall–Kier alpha value is -6.18. The van der Waals surface area contributed by atoms with Crippen molar-refractivity contribution >= 4 is 52.7 Å². The lowest BCUT2D eigenvalue weighted by Crippen LogP contribution is -2.55. The second-order valence-electron chi connectivity index (χ2n) is 15.9. The number of carbonyl (C=O) groups excluding carboxylic acids is 5. The SMILES string of the molecule is Cc1ccc(Nc2ncc3c(n2)NC(=O)N(c2cc(C(=O)C[C@H](C(=O)N4CCC[C@H]4C(=O)N[C@H](C(=O)N[C@H](C)c4ccccc4)C(C)C)C(C)C)ccc2C)C3)cn1. The van der Waals surface area contributed by atoms with Gasteiger partial charge in [0.05, 0.1) is 24.5 Å². The number of ketones is 1. The molecule has 1 saturated heterocycles. The van der Waals surface area contributed by atoms with E-state index in [1.807, 2.05) is 90.9 Å². The third kappa shape index (κ3) is 9.50. The van der Waals surface area contributed by atoms with Crippen LogP contribution in [-0.4, -0.2) is 68.0 Å². The molecule has 2 aliphatic rings. The summed E-state index contributed by atoms with van der Waals surface area (Å²) in [5.41, 5.74) is 4.94. The molecule has 2 aromatic heterocycles. The van der Waals surface area contributed by atoms with Gasteiger partial charge in [-0.25, -0.2) is 9.78 Å². The summed E-state index contributed by atoms with van der Waals surface area (Å²) >= 11 is 0. The minimum atomic E-state index is -0.797. The van der Waals surface area contributed by atoms with Crippen molar-refractivity contribution in [3.05, 3.63) is 101 Å². The van der Waals surface area contributed by atoms with E-state index >= 15 is 0 Å². The summed E-state index contributed by atoms with van der Waals surface area (Å²) < 4.78 is 0. The number of carbonyl (C=O) groups is 5. The van der Waals surface area contributed by atoms with Crippen molar-refractivity contribution < 1.29 is 24.0 Å². The lowest BCUT2D eigenvalue weighted by atomic mass is 9.87. The number of rotatable bonds is 14. The molecule has 1 fully saturated rings. The van der Waals surface area contributed by atoms with Crippen LogP contribution in [0, 0.1) is 31.6 Å². The molecule has 58 heavy (non-hydrogen) atoms. The highest BCUT2D eigenvalue weighted by Crippen LogP contribution is 2.32. The van der Waals surface area contributed by atoms with Gasteiger partial charge in [-0.1, -0.05) is 70.2 Å². The quantitative estimate of drug-likeness (QED) is 0.102. The number of benzene rings is 2. The number of aryl methyl sites for hydroxylation is 2. The number of pyridine rings is 1. The number of hydrogen-bond donors (Lipinski definition) is 4. The number of urea groups is 1. The summed E-state index contributed by atoms with van der Waals surface area (Å²) in [6.07, 6.45) is 4.34. The zero-order valence-corrected chi connectivity index (χ0v) is 34.2. The molecule has 0 saturated carbocycles. The Balaban J connectivity index is 1.12. The zero-order valence-electron chi connectivity index (χ0n) is 34.2. The number of nitrogens with zero attached hydrogens (tertiary/aromatic N) is 5. The first-order valence-electron chi connectivity index (χ1n) is 19.9. The second-order valence-corrected chi connectivity index (χ2v) is 15.9. The van der Waals surface area contributed by atoms with Gasteiger partial charge in [-0.15, -0.1) is 0 Å². The lowest BCUT2D eigenvalue weighted by Gasteiger charge is -2.32. The molecule has 304 valence electrons. The van der Waals surface area contributed by atoms with E-state index in [2.05, 4.69) is 36.2 Å². The molecule has 2 aromatic carbocycles. The fourth-order valence-corrected chi connectivity index (χ4v) is 7.40. The van der Waals surface area contributed by atoms with E-state index in [1.54, 1.807) is 40.4 Å². The molecular formula is C44H53N9O5. The molecule has 0 unspecified atom stereocenters. The smallest absolute Gasteiger partial charge is 0.327 e. The van der Waals surface area contributed by atoms with Crippen LogP contribution >= 0.6 is 0 Å². The van der Waals surface area contributed by atoms with E-state index in [0.29, 0.717) is 53.7 Å². The Morgan fingerprint density at radius 3 is 2.34 bits per heavy atom. The topological polar surface area (TPSA) is 179 Å². The zero-order chi connectivity index (χ0) is 41.7. The van der Waals surface area contributed by atoms with E-state index in [0.717, 1.165) is 16.8 Å². The number of aromatic nitrogens is 3. The average Bonchev–Trinajstić information content (AvgIpc) is 3.70. The Kier molecular flexibility index (Phi) is 12.8. The molecule has 4 atom stereocenters. The third-order valence-electron chi connectivity index (χ3n) is 10.9. The number of nitrogens with one attached hydrogen (secondary N) is 4. The molecule has 0 aliphatic carbocycles.